The number of halogens is 13. The summed E-state index contributed by atoms with van der Waals surface area (Å²) in [7, 11) is 0. The summed E-state index contributed by atoms with van der Waals surface area (Å²) in [5.41, 5.74) is 0.560. The Hall–Kier alpha value is -1.95. The van der Waals surface area contributed by atoms with Crippen molar-refractivity contribution >= 4 is 6.08 Å². The summed E-state index contributed by atoms with van der Waals surface area (Å²) in [6.45, 7) is 2.07. The molecule has 1 fully saturated rings. The normalized spacial score (nSPS) is 21.3. The zero-order valence-corrected chi connectivity index (χ0v) is 18.8. The van der Waals surface area contributed by atoms with Gasteiger partial charge in [0.15, 0.2) is 0 Å². The zero-order valence-electron chi connectivity index (χ0n) is 18.8. The van der Waals surface area contributed by atoms with Crippen LogP contribution in [0.5, 0.6) is 0 Å². The van der Waals surface area contributed by atoms with Crippen LogP contribution in [-0.4, -0.2) is 35.8 Å². The van der Waals surface area contributed by atoms with Gasteiger partial charge in [-0.3, -0.25) is 0 Å². The van der Waals surface area contributed by atoms with Gasteiger partial charge in [0.2, 0.25) is 0 Å². The summed E-state index contributed by atoms with van der Waals surface area (Å²) >= 11 is 0. The van der Waals surface area contributed by atoms with E-state index in [9.17, 15) is 57.1 Å². The second-order valence-corrected chi connectivity index (χ2v) is 8.92. The van der Waals surface area contributed by atoms with E-state index in [0.717, 1.165) is 44.1 Å². The number of rotatable bonds is 9. The Morgan fingerprint density at radius 2 is 1.14 bits per heavy atom. The SMILES string of the molecule is CCC[C@H]1CC[C@H](c2ccc(/C=C/C(F)(F)C(F)(F)C(F)(F)C(F)(F)C(F)(F)C(F)(F)F)cc2)CC1. The van der Waals surface area contributed by atoms with Crippen LogP contribution in [0, 0.1) is 5.92 Å². The molecule has 1 aliphatic carbocycles. The first-order chi connectivity index (χ1) is 16.2. The molecule has 0 aliphatic heterocycles. The summed E-state index contributed by atoms with van der Waals surface area (Å²) in [5, 5.41) is 0. The molecule has 0 spiro atoms. The third-order valence-corrected chi connectivity index (χ3v) is 6.39. The first-order valence-corrected chi connectivity index (χ1v) is 11.0. The van der Waals surface area contributed by atoms with Crippen molar-refractivity contribution in [3.05, 3.63) is 41.5 Å². The first-order valence-electron chi connectivity index (χ1n) is 11.0. The molecule has 1 aromatic carbocycles. The topological polar surface area (TPSA) is 0 Å². The lowest BCUT2D eigenvalue weighted by atomic mass is 9.77. The average Bonchev–Trinajstić information content (AvgIpc) is 2.77. The van der Waals surface area contributed by atoms with Gasteiger partial charge in [-0.05, 0) is 54.7 Å². The molecule has 0 nitrogen and oxygen atoms in total. The van der Waals surface area contributed by atoms with E-state index in [4.69, 9.17) is 0 Å². The van der Waals surface area contributed by atoms with Gasteiger partial charge in [0.1, 0.15) is 0 Å². The molecule has 0 atom stereocenters. The number of allylic oxidation sites excluding steroid dienone is 1. The fraction of sp³-hybridized carbons (Fsp3) is 0.652. The van der Waals surface area contributed by atoms with Crippen LogP contribution in [-0.2, 0) is 0 Å². The highest BCUT2D eigenvalue weighted by Gasteiger charge is 2.90. The molecular formula is C23H23F13. The minimum atomic E-state index is -7.89. The zero-order chi connectivity index (χ0) is 27.8. The molecule has 0 N–H and O–H groups in total. The maximum atomic E-state index is 13.9. The van der Waals surface area contributed by atoms with Crippen molar-refractivity contribution in [3.8, 4) is 0 Å². The van der Waals surface area contributed by atoms with Crippen molar-refractivity contribution < 1.29 is 57.1 Å². The van der Waals surface area contributed by atoms with Crippen molar-refractivity contribution in [3.63, 3.8) is 0 Å². The fourth-order valence-corrected chi connectivity index (χ4v) is 4.16. The van der Waals surface area contributed by atoms with Crippen LogP contribution in [0.25, 0.3) is 6.08 Å². The Kier molecular flexibility index (Phi) is 8.47. The number of hydrogen-bond acceptors (Lipinski definition) is 0. The molecule has 1 saturated carbocycles. The van der Waals surface area contributed by atoms with E-state index in [-0.39, 0.29) is 17.6 Å². The average molecular weight is 546 g/mol. The standard InChI is InChI=1S/C23H23F13/c1-2-3-14-4-8-16(9-5-14)17-10-6-15(7-11-17)12-13-18(24,25)19(26,27)20(28,29)21(30,31)22(32,33)23(34,35)36/h6-7,10-14,16H,2-5,8-9H2,1H3/b13-12+/t14-,16-. The lowest BCUT2D eigenvalue weighted by Crippen LogP contribution is -2.69. The fourth-order valence-electron chi connectivity index (χ4n) is 4.16. The van der Waals surface area contributed by atoms with Gasteiger partial charge < -0.3 is 0 Å². The minimum absolute atomic E-state index is 0.151. The van der Waals surface area contributed by atoms with Gasteiger partial charge in [0.25, 0.3) is 0 Å². The molecule has 2 rings (SSSR count). The van der Waals surface area contributed by atoms with Gasteiger partial charge in [-0.25, -0.2) is 0 Å². The van der Waals surface area contributed by atoms with Gasteiger partial charge in [-0.15, -0.1) is 0 Å². The van der Waals surface area contributed by atoms with E-state index in [1.807, 2.05) is 0 Å². The Bertz CT molecular complexity index is 890. The maximum absolute atomic E-state index is 13.9. The highest BCUT2D eigenvalue weighted by Crippen LogP contribution is 2.60. The van der Waals surface area contributed by atoms with Crippen molar-refractivity contribution in [1.82, 2.24) is 0 Å². The van der Waals surface area contributed by atoms with Crippen LogP contribution in [0.2, 0.25) is 0 Å². The van der Waals surface area contributed by atoms with Crippen LogP contribution >= 0.6 is 0 Å². The molecule has 0 amide bonds. The van der Waals surface area contributed by atoms with Gasteiger partial charge >= 0.3 is 35.8 Å². The molecule has 13 heteroatoms. The highest BCUT2D eigenvalue weighted by molar-refractivity contribution is 5.51. The Morgan fingerprint density at radius 1 is 0.667 bits per heavy atom. The second kappa shape index (κ2) is 10.1. The van der Waals surface area contributed by atoms with Crippen molar-refractivity contribution in [2.45, 2.75) is 87.2 Å². The summed E-state index contributed by atoms with van der Waals surface area (Å²) < 4.78 is 171. The molecule has 206 valence electrons. The number of benzene rings is 1. The molecular weight excluding hydrogens is 523 g/mol. The minimum Gasteiger partial charge on any atom is -0.195 e. The van der Waals surface area contributed by atoms with Crippen LogP contribution in [0.3, 0.4) is 0 Å². The highest BCUT2D eigenvalue weighted by atomic mass is 19.4. The molecule has 0 saturated heterocycles. The van der Waals surface area contributed by atoms with Crippen molar-refractivity contribution in [1.29, 1.82) is 0 Å². The van der Waals surface area contributed by atoms with Crippen molar-refractivity contribution in [2.24, 2.45) is 5.92 Å². The number of hydrogen-bond donors (Lipinski definition) is 0. The van der Waals surface area contributed by atoms with Crippen LogP contribution < -0.4 is 0 Å². The molecule has 1 aromatic rings. The Morgan fingerprint density at radius 3 is 1.58 bits per heavy atom. The number of alkyl halides is 13. The van der Waals surface area contributed by atoms with E-state index < -0.39 is 41.9 Å². The van der Waals surface area contributed by atoms with E-state index in [0.29, 0.717) is 5.92 Å². The Labute approximate surface area is 198 Å². The lowest BCUT2D eigenvalue weighted by Gasteiger charge is -2.39. The molecule has 0 radical (unpaired) electrons. The van der Waals surface area contributed by atoms with Gasteiger partial charge in [-0.1, -0.05) is 50.1 Å². The predicted octanol–water partition coefficient (Wildman–Crippen LogP) is 9.51. The van der Waals surface area contributed by atoms with Crippen molar-refractivity contribution in [2.75, 3.05) is 0 Å². The lowest BCUT2D eigenvalue weighted by molar-refractivity contribution is -0.436. The summed E-state index contributed by atoms with van der Waals surface area (Å²) in [6, 6.07) is 5.30. The smallest absolute Gasteiger partial charge is 0.195 e. The van der Waals surface area contributed by atoms with Gasteiger partial charge in [-0.2, -0.15) is 57.1 Å². The molecule has 36 heavy (non-hydrogen) atoms. The van der Waals surface area contributed by atoms with Crippen LogP contribution in [0.4, 0.5) is 57.1 Å². The van der Waals surface area contributed by atoms with E-state index in [1.54, 1.807) is 0 Å². The molecule has 0 heterocycles. The summed E-state index contributed by atoms with van der Waals surface area (Å²) in [6.07, 6.45) is -2.38. The summed E-state index contributed by atoms with van der Waals surface area (Å²) in [5.74, 6) is -36.2. The van der Waals surface area contributed by atoms with Gasteiger partial charge in [0, 0.05) is 0 Å². The maximum Gasteiger partial charge on any atom is 0.460 e. The van der Waals surface area contributed by atoms with E-state index in [2.05, 4.69) is 6.92 Å². The molecule has 0 aromatic heterocycles. The third kappa shape index (κ3) is 5.34. The Balaban J connectivity index is 2.22. The first kappa shape index (κ1) is 30.3. The molecule has 1 aliphatic rings. The van der Waals surface area contributed by atoms with Crippen LogP contribution in [0.1, 0.15) is 62.5 Å². The largest absolute Gasteiger partial charge is 0.460 e. The van der Waals surface area contributed by atoms with E-state index >= 15 is 0 Å². The van der Waals surface area contributed by atoms with Crippen LogP contribution in [0.15, 0.2) is 30.3 Å². The predicted molar refractivity (Wildman–Crippen MR) is 106 cm³/mol. The quantitative estimate of drug-likeness (QED) is 0.271. The summed E-state index contributed by atoms with van der Waals surface area (Å²) in [4.78, 5) is 0. The van der Waals surface area contributed by atoms with E-state index in [1.165, 1.54) is 24.3 Å². The molecule has 0 unspecified atom stereocenters. The third-order valence-electron chi connectivity index (χ3n) is 6.39. The monoisotopic (exact) mass is 546 g/mol. The molecule has 0 bridgehead atoms. The van der Waals surface area contributed by atoms with Gasteiger partial charge in [0.05, 0.1) is 0 Å². The second-order valence-electron chi connectivity index (χ2n) is 8.92.